The molecule has 0 aromatic heterocycles. The van der Waals surface area contributed by atoms with Crippen LogP contribution < -0.4 is 4.74 Å². The molecule has 32 heavy (non-hydrogen) atoms. The Hall–Kier alpha value is -1.85. The van der Waals surface area contributed by atoms with Crippen molar-refractivity contribution in [1.82, 2.24) is 0 Å². The predicted molar refractivity (Wildman–Crippen MR) is 116 cm³/mol. The van der Waals surface area contributed by atoms with Crippen LogP contribution in [0.15, 0.2) is 18.2 Å². The third-order valence-electron chi connectivity index (χ3n) is 7.77. The van der Waals surface area contributed by atoms with Gasteiger partial charge in [-0.25, -0.2) is 13.2 Å². The van der Waals surface area contributed by atoms with E-state index >= 15 is 0 Å². The maximum Gasteiger partial charge on any atom is 0.387 e. The minimum Gasteiger partial charge on any atom is -0.429 e. The molecule has 0 N–H and O–H groups in total. The molecule has 2 saturated carbocycles. The Morgan fingerprint density at radius 3 is 2.06 bits per heavy atom. The molecule has 0 atom stereocenters. The number of benzene rings is 2. The first-order chi connectivity index (χ1) is 15.4. The monoisotopic (exact) mass is 454 g/mol. The molecule has 2 fully saturated rings. The summed E-state index contributed by atoms with van der Waals surface area (Å²) in [5.41, 5.74) is 0.724. The minimum absolute atomic E-state index is 0.0352. The Balaban J connectivity index is 1.46. The highest BCUT2D eigenvalue weighted by Gasteiger charge is 2.31. The molecule has 0 radical (unpaired) electrons. The van der Waals surface area contributed by atoms with Crippen LogP contribution in [-0.2, 0) is 0 Å². The highest BCUT2D eigenvalue weighted by molar-refractivity contribution is 5.86. The summed E-state index contributed by atoms with van der Waals surface area (Å²) in [5, 5.41) is -0.476. The van der Waals surface area contributed by atoms with Crippen molar-refractivity contribution in [2.45, 2.75) is 83.7 Å². The van der Waals surface area contributed by atoms with Crippen LogP contribution in [-0.4, -0.2) is 6.61 Å². The molecule has 2 aliphatic carbocycles. The lowest BCUT2D eigenvalue weighted by Crippen LogP contribution is -2.25. The Bertz CT molecular complexity index is 928. The van der Waals surface area contributed by atoms with Crippen molar-refractivity contribution >= 4 is 10.8 Å². The summed E-state index contributed by atoms with van der Waals surface area (Å²) in [4.78, 5) is 0. The lowest BCUT2D eigenvalue weighted by molar-refractivity contribution is -0.0544. The van der Waals surface area contributed by atoms with Gasteiger partial charge in [-0.3, -0.25) is 0 Å². The molecule has 2 aliphatic rings. The first-order valence-electron chi connectivity index (χ1n) is 11.9. The molecule has 0 spiro atoms. The van der Waals surface area contributed by atoms with E-state index < -0.39 is 35.2 Å². The number of hydrogen-bond donors (Lipinski definition) is 0. The van der Waals surface area contributed by atoms with Crippen LogP contribution >= 0.6 is 0 Å². The normalized spacial score (nSPS) is 26.6. The fourth-order valence-corrected chi connectivity index (χ4v) is 6.13. The average Bonchev–Trinajstić information content (AvgIpc) is 2.77. The molecular weight excluding hydrogens is 423 g/mol. The van der Waals surface area contributed by atoms with Crippen molar-refractivity contribution in [2.24, 2.45) is 17.8 Å². The standard InChI is InChI=1S/C26H31F5O/c1-2-3-15-4-6-16(7-5-15)17-8-10-18(11-9-17)19-12-20-14-22(28)25(32-26(30)31)24(29)23(20)21(27)13-19/h12-18,26H,2-11H2,1H3. The van der Waals surface area contributed by atoms with Crippen molar-refractivity contribution < 1.29 is 26.7 Å². The van der Waals surface area contributed by atoms with Crippen molar-refractivity contribution in [3.05, 3.63) is 41.2 Å². The highest BCUT2D eigenvalue weighted by Crippen LogP contribution is 2.45. The van der Waals surface area contributed by atoms with Gasteiger partial charge in [-0.15, -0.1) is 0 Å². The maximum atomic E-state index is 14.8. The van der Waals surface area contributed by atoms with Gasteiger partial charge in [0.1, 0.15) is 5.82 Å². The number of rotatable bonds is 6. The van der Waals surface area contributed by atoms with Crippen LogP contribution in [0.1, 0.15) is 82.6 Å². The summed E-state index contributed by atoms with van der Waals surface area (Å²) in [6, 6.07) is 3.75. The molecule has 0 aliphatic heterocycles. The van der Waals surface area contributed by atoms with Crippen LogP contribution in [0.5, 0.6) is 5.75 Å². The summed E-state index contributed by atoms with van der Waals surface area (Å²) in [6.45, 7) is -1.14. The van der Waals surface area contributed by atoms with Gasteiger partial charge in [-0.1, -0.05) is 38.7 Å². The first-order valence-corrected chi connectivity index (χ1v) is 11.9. The molecular formula is C26H31F5O. The van der Waals surface area contributed by atoms with Gasteiger partial charge < -0.3 is 4.74 Å². The quantitative estimate of drug-likeness (QED) is 0.397. The number of fused-ring (bicyclic) bond motifs is 1. The predicted octanol–water partition coefficient (Wildman–Crippen LogP) is 8.74. The van der Waals surface area contributed by atoms with Gasteiger partial charge in [0.2, 0.25) is 0 Å². The maximum absolute atomic E-state index is 14.8. The molecule has 176 valence electrons. The zero-order valence-corrected chi connectivity index (χ0v) is 18.5. The molecule has 0 unspecified atom stereocenters. The second kappa shape index (κ2) is 9.96. The van der Waals surface area contributed by atoms with E-state index in [4.69, 9.17) is 0 Å². The zero-order chi connectivity index (χ0) is 22.8. The van der Waals surface area contributed by atoms with Crippen LogP contribution in [0.4, 0.5) is 22.0 Å². The second-order valence-corrected chi connectivity index (χ2v) is 9.66. The van der Waals surface area contributed by atoms with E-state index in [1.54, 1.807) is 6.07 Å². The van der Waals surface area contributed by atoms with E-state index in [0.717, 1.165) is 49.1 Å². The number of halogens is 5. The molecule has 0 amide bonds. The van der Waals surface area contributed by atoms with Gasteiger partial charge in [0.05, 0.1) is 5.39 Å². The van der Waals surface area contributed by atoms with Crippen molar-refractivity contribution in [3.8, 4) is 5.75 Å². The minimum atomic E-state index is -3.39. The average molecular weight is 455 g/mol. The zero-order valence-electron chi connectivity index (χ0n) is 18.5. The summed E-state index contributed by atoms with van der Waals surface area (Å²) >= 11 is 0. The van der Waals surface area contributed by atoms with Gasteiger partial charge in [-0.05, 0) is 85.3 Å². The summed E-state index contributed by atoms with van der Waals surface area (Å²) in [6.07, 6.45) is 11.9. The third-order valence-corrected chi connectivity index (χ3v) is 7.77. The molecule has 0 heterocycles. The first kappa shape index (κ1) is 23.3. The van der Waals surface area contributed by atoms with Crippen molar-refractivity contribution in [2.75, 3.05) is 0 Å². The fraction of sp³-hybridized carbons (Fsp3) is 0.615. The van der Waals surface area contributed by atoms with E-state index in [0.29, 0.717) is 5.92 Å². The van der Waals surface area contributed by atoms with Crippen LogP contribution in [0.25, 0.3) is 10.8 Å². The SMILES string of the molecule is CCCC1CCC(C2CCC(c3cc(F)c4c(F)c(OC(F)F)c(F)cc4c3)CC2)CC1. The molecule has 0 bridgehead atoms. The molecule has 4 rings (SSSR count). The Morgan fingerprint density at radius 1 is 0.844 bits per heavy atom. The summed E-state index contributed by atoms with van der Waals surface area (Å²) in [5.74, 6) is -2.26. The third kappa shape index (κ3) is 4.89. The topological polar surface area (TPSA) is 9.23 Å². The summed E-state index contributed by atoms with van der Waals surface area (Å²) in [7, 11) is 0. The number of hydrogen-bond acceptors (Lipinski definition) is 1. The molecule has 2 aromatic carbocycles. The van der Waals surface area contributed by atoms with Crippen LogP contribution in [0.2, 0.25) is 0 Å². The Labute approximate surface area is 186 Å². The van der Waals surface area contributed by atoms with Gasteiger partial charge in [0.25, 0.3) is 0 Å². The van der Waals surface area contributed by atoms with E-state index in [2.05, 4.69) is 11.7 Å². The number of ether oxygens (including phenoxy) is 1. The lowest BCUT2D eigenvalue weighted by Gasteiger charge is -2.38. The van der Waals surface area contributed by atoms with Gasteiger partial charge in [0.15, 0.2) is 17.4 Å². The largest absolute Gasteiger partial charge is 0.429 e. The van der Waals surface area contributed by atoms with Crippen molar-refractivity contribution in [1.29, 1.82) is 0 Å². The van der Waals surface area contributed by atoms with Crippen LogP contribution in [0.3, 0.4) is 0 Å². The molecule has 1 nitrogen and oxygen atoms in total. The molecule has 6 heteroatoms. The molecule has 2 aromatic rings. The Kier molecular flexibility index (Phi) is 7.26. The van der Waals surface area contributed by atoms with E-state index in [1.807, 2.05) is 0 Å². The van der Waals surface area contributed by atoms with Gasteiger partial charge in [-0.2, -0.15) is 8.78 Å². The second-order valence-electron chi connectivity index (χ2n) is 9.66. The van der Waals surface area contributed by atoms with Gasteiger partial charge in [0, 0.05) is 0 Å². The lowest BCUT2D eigenvalue weighted by atomic mass is 9.68. The smallest absolute Gasteiger partial charge is 0.387 e. The number of alkyl halides is 2. The Morgan fingerprint density at radius 2 is 1.47 bits per heavy atom. The van der Waals surface area contributed by atoms with Crippen molar-refractivity contribution in [3.63, 3.8) is 0 Å². The van der Waals surface area contributed by atoms with E-state index in [-0.39, 0.29) is 11.3 Å². The van der Waals surface area contributed by atoms with Crippen LogP contribution in [0, 0.1) is 35.2 Å². The summed E-state index contributed by atoms with van der Waals surface area (Å²) < 4.78 is 72.3. The fourth-order valence-electron chi connectivity index (χ4n) is 6.13. The van der Waals surface area contributed by atoms with Gasteiger partial charge >= 0.3 is 6.61 Å². The molecule has 0 saturated heterocycles. The van der Waals surface area contributed by atoms with E-state index in [9.17, 15) is 22.0 Å². The van der Waals surface area contributed by atoms with E-state index in [1.165, 1.54) is 44.6 Å². The highest BCUT2D eigenvalue weighted by atomic mass is 19.3.